The van der Waals surface area contributed by atoms with E-state index in [0.29, 0.717) is 11.8 Å². The topological polar surface area (TPSA) is 19.6 Å². The predicted octanol–water partition coefficient (Wildman–Crippen LogP) is 18.3. The molecule has 0 amide bonds. The molecular formula is C68H64N2OSi2. The summed E-state index contributed by atoms with van der Waals surface area (Å²) < 4.78 is 7.24. The Labute approximate surface area is 433 Å². The summed E-state index contributed by atoms with van der Waals surface area (Å²) in [6.07, 6.45) is 9.26. The summed E-state index contributed by atoms with van der Waals surface area (Å²) in [5, 5.41) is 9.88. The smallest absolute Gasteiger partial charge is 0.143 e. The highest BCUT2D eigenvalue weighted by Crippen LogP contribution is 2.55. The van der Waals surface area contributed by atoms with E-state index >= 15 is 0 Å². The van der Waals surface area contributed by atoms with Crippen molar-refractivity contribution in [2.24, 2.45) is 5.92 Å². The Kier molecular flexibility index (Phi) is 10.1. The van der Waals surface area contributed by atoms with Crippen molar-refractivity contribution in [1.29, 1.82) is 0 Å². The van der Waals surface area contributed by atoms with E-state index in [-0.39, 0.29) is 10.8 Å². The lowest BCUT2D eigenvalue weighted by atomic mass is 9.74. The molecule has 3 nitrogen and oxygen atoms in total. The van der Waals surface area contributed by atoms with Crippen LogP contribution in [0, 0.1) is 5.92 Å². The van der Waals surface area contributed by atoms with Crippen LogP contribution in [0.4, 0.5) is 34.1 Å². The minimum Gasteiger partial charge on any atom is -0.455 e. The van der Waals surface area contributed by atoms with Crippen molar-refractivity contribution in [1.82, 2.24) is 0 Å². The summed E-state index contributed by atoms with van der Waals surface area (Å²) >= 11 is 0. The Bertz CT molecular complexity index is 3950. The molecule has 3 aliphatic carbocycles. The maximum absolute atomic E-state index is 7.24. The van der Waals surface area contributed by atoms with Gasteiger partial charge < -0.3 is 14.2 Å². The van der Waals surface area contributed by atoms with Crippen molar-refractivity contribution < 1.29 is 4.42 Å². The van der Waals surface area contributed by atoms with Crippen LogP contribution in [0.2, 0.25) is 39.3 Å². The minimum atomic E-state index is -1.53. The number of anilines is 6. The number of furan rings is 1. The van der Waals surface area contributed by atoms with Crippen LogP contribution in [-0.2, 0) is 10.8 Å². The molecule has 0 spiro atoms. The van der Waals surface area contributed by atoms with Crippen LogP contribution in [-0.4, -0.2) is 16.1 Å². The average molecular weight is 981 g/mol. The highest BCUT2D eigenvalue weighted by Gasteiger charge is 2.45. The van der Waals surface area contributed by atoms with Crippen LogP contribution in [0.3, 0.4) is 0 Å². The molecule has 5 heteroatoms. The van der Waals surface area contributed by atoms with E-state index < -0.39 is 16.1 Å². The Balaban J connectivity index is 0.977. The number of rotatable bonds is 8. The van der Waals surface area contributed by atoms with Crippen LogP contribution in [0.15, 0.2) is 199 Å². The lowest BCUT2D eigenvalue weighted by Gasteiger charge is -2.30. The molecule has 10 aromatic rings. The van der Waals surface area contributed by atoms with Gasteiger partial charge in [-0.1, -0.05) is 187 Å². The van der Waals surface area contributed by atoms with E-state index in [2.05, 4.69) is 271 Å². The van der Waals surface area contributed by atoms with Crippen LogP contribution in [0.25, 0.3) is 54.6 Å². The average Bonchev–Trinajstić information content (AvgIpc) is 3.97. The monoisotopic (exact) mass is 980 g/mol. The lowest BCUT2D eigenvalue weighted by molar-refractivity contribution is 0.394. The first-order valence-corrected chi connectivity index (χ1v) is 33.3. The van der Waals surface area contributed by atoms with Gasteiger partial charge in [0.05, 0.1) is 16.1 Å². The third-order valence-electron chi connectivity index (χ3n) is 17.0. The summed E-state index contributed by atoms with van der Waals surface area (Å²) in [5.74, 6) is 0.838. The largest absolute Gasteiger partial charge is 0.455 e. The number of hydrogen-bond donors (Lipinski definition) is 0. The van der Waals surface area contributed by atoms with Gasteiger partial charge in [0, 0.05) is 67.7 Å². The van der Waals surface area contributed by atoms with Crippen molar-refractivity contribution in [2.45, 2.75) is 83.7 Å². The Morgan fingerprint density at radius 1 is 0.425 bits per heavy atom. The van der Waals surface area contributed by atoms with Gasteiger partial charge >= 0.3 is 0 Å². The van der Waals surface area contributed by atoms with Crippen molar-refractivity contribution in [3.8, 4) is 11.1 Å². The second-order valence-corrected chi connectivity index (χ2v) is 34.4. The molecule has 1 heterocycles. The lowest BCUT2D eigenvalue weighted by Crippen LogP contribution is -2.37. The van der Waals surface area contributed by atoms with E-state index in [1.165, 1.54) is 59.9 Å². The SMILES string of the molecule is CC1(C)c2ccccc2-c2ccc(N(c3ccc([Si](C)(C)C)cc3)c3ccc4c(c3)c3ccccc3c3c5ccc(N(c6ccc([Si](C)(C)C)cc6)c6ccc7c(c6)C(C)(C)C6C=CC=CC76)cc5oc43)cc21. The van der Waals surface area contributed by atoms with Crippen LogP contribution in [0.1, 0.15) is 55.9 Å². The molecule has 0 bridgehead atoms. The van der Waals surface area contributed by atoms with Crippen LogP contribution >= 0.6 is 0 Å². The van der Waals surface area contributed by atoms with E-state index in [0.717, 1.165) is 61.4 Å². The van der Waals surface area contributed by atoms with Gasteiger partial charge in [0.15, 0.2) is 0 Å². The summed E-state index contributed by atoms with van der Waals surface area (Å²) in [7, 11) is -3.05. The summed E-state index contributed by atoms with van der Waals surface area (Å²) in [6, 6.07) is 64.8. The van der Waals surface area contributed by atoms with Crippen molar-refractivity contribution in [3.05, 3.63) is 216 Å². The molecule has 1 aromatic heterocycles. The van der Waals surface area contributed by atoms with Gasteiger partial charge in [0.25, 0.3) is 0 Å². The van der Waals surface area contributed by atoms with E-state index in [9.17, 15) is 0 Å². The summed E-state index contributed by atoms with van der Waals surface area (Å²) in [6.45, 7) is 24.1. The number of hydrogen-bond acceptors (Lipinski definition) is 3. The maximum atomic E-state index is 7.24. The Hall–Kier alpha value is -7.19. The van der Waals surface area contributed by atoms with Crippen LogP contribution < -0.4 is 20.2 Å². The maximum Gasteiger partial charge on any atom is 0.143 e. The molecule has 13 rings (SSSR count). The van der Waals surface area contributed by atoms with Gasteiger partial charge in [0.1, 0.15) is 11.2 Å². The van der Waals surface area contributed by atoms with Gasteiger partial charge in [0.2, 0.25) is 0 Å². The Morgan fingerprint density at radius 3 is 1.62 bits per heavy atom. The summed E-state index contributed by atoms with van der Waals surface area (Å²) in [4.78, 5) is 4.90. The van der Waals surface area contributed by atoms with Crippen LogP contribution in [0.5, 0.6) is 0 Å². The first-order chi connectivity index (χ1) is 35.0. The highest BCUT2D eigenvalue weighted by atomic mass is 28.3. The second kappa shape index (κ2) is 16.2. The number of fused-ring (bicyclic) bond motifs is 14. The zero-order valence-electron chi connectivity index (χ0n) is 43.9. The van der Waals surface area contributed by atoms with Gasteiger partial charge in [-0.15, -0.1) is 0 Å². The fourth-order valence-electron chi connectivity index (χ4n) is 13.0. The van der Waals surface area contributed by atoms with E-state index in [1.807, 2.05) is 0 Å². The van der Waals surface area contributed by atoms with Crippen molar-refractivity contribution in [3.63, 3.8) is 0 Å². The van der Waals surface area contributed by atoms with E-state index in [4.69, 9.17) is 4.42 Å². The molecule has 0 N–H and O–H groups in total. The quantitative estimate of drug-likeness (QED) is 0.112. The normalized spacial score (nSPS) is 17.3. The fraction of sp³-hybridized carbons (Fsp3) is 0.206. The molecule has 2 atom stereocenters. The third kappa shape index (κ3) is 7.10. The molecule has 360 valence electrons. The first-order valence-electron chi connectivity index (χ1n) is 26.3. The zero-order chi connectivity index (χ0) is 50.3. The molecule has 9 aromatic carbocycles. The third-order valence-corrected chi connectivity index (χ3v) is 21.2. The van der Waals surface area contributed by atoms with E-state index in [1.54, 1.807) is 0 Å². The first kappa shape index (κ1) is 45.7. The molecule has 3 aliphatic rings. The Morgan fingerprint density at radius 2 is 0.945 bits per heavy atom. The predicted molar refractivity (Wildman–Crippen MR) is 319 cm³/mol. The number of nitrogens with zero attached hydrogens (tertiary/aromatic N) is 2. The molecule has 0 saturated heterocycles. The fourth-order valence-corrected chi connectivity index (χ4v) is 15.3. The van der Waals surface area contributed by atoms with Gasteiger partial charge in [-0.2, -0.15) is 0 Å². The zero-order valence-corrected chi connectivity index (χ0v) is 45.9. The van der Waals surface area contributed by atoms with Gasteiger partial charge in [-0.05, 0) is 140 Å². The molecule has 0 aliphatic heterocycles. The molecule has 73 heavy (non-hydrogen) atoms. The van der Waals surface area contributed by atoms with Gasteiger partial charge in [-0.25, -0.2) is 0 Å². The molecule has 0 saturated carbocycles. The molecule has 0 radical (unpaired) electrons. The van der Waals surface area contributed by atoms with Crippen molar-refractivity contribution >= 4 is 104 Å². The number of benzene rings is 9. The summed E-state index contributed by atoms with van der Waals surface area (Å²) in [5.41, 5.74) is 16.7. The standard InChI is InChI=1S/C68H64N2OSi2/c1-67(2)60-21-15-13-18-52(60)54-35-27-46(40-62(54)67)69(43-23-31-49(32-24-43)72(5,6)7)45-29-37-57-59(39-45)51-17-11-12-20-56(51)65-58-38-30-48(42-64(58)71-66(57)65)70(44-25-33-50(34-26-44)73(8,9)10)47-28-36-55-53-19-14-16-22-61(53)68(3,4)63(55)41-47/h11-42,53,61H,1-10H3. The highest BCUT2D eigenvalue weighted by molar-refractivity contribution is 6.89. The molecular weight excluding hydrogens is 917 g/mol. The van der Waals surface area contributed by atoms with Gasteiger partial charge in [-0.3, -0.25) is 0 Å². The number of allylic oxidation sites excluding steroid dienone is 4. The van der Waals surface area contributed by atoms with Crippen molar-refractivity contribution in [2.75, 3.05) is 9.80 Å². The molecule has 0 fully saturated rings. The molecule has 2 unspecified atom stereocenters. The second-order valence-electron chi connectivity index (χ2n) is 24.2. The minimum absolute atomic E-state index is 0.00472.